The molecule has 0 bridgehead atoms. The maximum absolute atomic E-state index is 13.0. The molecule has 1 saturated heterocycles. The van der Waals surface area contributed by atoms with Crippen LogP contribution in [-0.2, 0) is 16.2 Å². The number of ether oxygens (including phenoxy) is 1. The Bertz CT molecular complexity index is 1380. The summed E-state index contributed by atoms with van der Waals surface area (Å²) in [6.45, 7) is 4.18. The van der Waals surface area contributed by atoms with Crippen LogP contribution >= 0.6 is 15.9 Å². The number of hydrogen-bond acceptors (Lipinski definition) is 11. The highest BCUT2D eigenvalue weighted by atomic mass is 79.9. The topological polar surface area (TPSA) is 137 Å². The van der Waals surface area contributed by atoms with E-state index in [1.807, 2.05) is 18.2 Å². The highest BCUT2D eigenvalue weighted by molar-refractivity contribution is 9.10. The van der Waals surface area contributed by atoms with Crippen LogP contribution in [0.4, 0.5) is 28.8 Å². The molecule has 2 aromatic heterocycles. The Labute approximate surface area is 240 Å². The lowest BCUT2D eigenvalue weighted by Gasteiger charge is -2.36. The molecule has 1 aliphatic heterocycles. The number of hydrogen-bond donors (Lipinski definition) is 3. The zero-order valence-electron chi connectivity index (χ0n) is 22.6. The fourth-order valence-electron chi connectivity index (χ4n) is 4.22. The number of likely N-dealkylation sites (N-methyl/N-ethyl adjacent to an activating group) is 1. The van der Waals surface area contributed by atoms with Crippen molar-refractivity contribution in [1.82, 2.24) is 24.5 Å². The molecular formula is C26H33BrN8O5. The third-order valence-electron chi connectivity index (χ3n) is 6.53. The lowest BCUT2D eigenvalue weighted by molar-refractivity contribution is -0.169. The van der Waals surface area contributed by atoms with Crippen molar-refractivity contribution < 1.29 is 19.5 Å². The van der Waals surface area contributed by atoms with Gasteiger partial charge < -0.3 is 29.9 Å². The van der Waals surface area contributed by atoms with Gasteiger partial charge in [-0.1, -0.05) is 0 Å². The third kappa shape index (κ3) is 7.07. The third-order valence-corrected chi connectivity index (χ3v) is 7.11. The van der Waals surface area contributed by atoms with Crippen molar-refractivity contribution in [3.8, 4) is 5.75 Å². The number of pyridine rings is 1. The molecule has 13 nitrogen and oxygen atoms in total. The number of hydroxylamine groups is 2. The lowest BCUT2D eigenvalue weighted by Crippen LogP contribution is -2.47. The fraction of sp³-hybridized carbons (Fsp3) is 0.385. The van der Waals surface area contributed by atoms with Crippen molar-refractivity contribution in [2.24, 2.45) is 0 Å². The lowest BCUT2D eigenvalue weighted by atomic mass is 10.2. The number of aromatic nitrogens is 3. The van der Waals surface area contributed by atoms with E-state index < -0.39 is 5.56 Å². The van der Waals surface area contributed by atoms with Crippen molar-refractivity contribution in [1.29, 1.82) is 0 Å². The van der Waals surface area contributed by atoms with Crippen LogP contribution < -0.4 is 25.8 Å². The van der Waals surface area contributed by atoms with Crippen LogP contribution in [0.3, 0.4) is 0 Å². The zero-order valence-corrected chi connectivity index (χ0v) is 24.2. The second-order valence-corrected chi connectivity index (χ2v) is 9.86. The first-order chi connectivity index (χ1) is 19.3. The molecule has 0 aliphatic carbocycles. The van der Waals surface area contributed by atoms with Gasteiger partial charge in [-0.25, -0.2) is 10.0 Å². The summed E-state index contributed by atoms with van der Waals surface area (Å²) in [5, 5.41) is 16.5. The summed E-state index contributed by atoms with van der Waals surface area (Å²) in [6.07, 6.45) is 3.10. The molecule has 3 N–H and O–H groups in total. The van der Waals surface area contributed by atoms with Crippen LogP contribution in [-0.4, -0.2) is 96.1 Å². The Hall–Kier alpha value is -3.72. The van der Waals surface area contributed by atoms with E-state index >= 15 is 0 Å². The van der Waals surface area contributed by atoms with Crippen LogP contribution in [0, 0.1) is 0 Å². The van der Waals surface area contributed by atoms with Crippen molar-refractivity contribution in [2.75, 3.05) is 76.1 Å². The van der Waals surface area contributed by atoms with E-state index in [0.717, 1.165) is 36.9 Å². The number of rotatable bonds is 11. The summed E-state index contributed by atoms with van der Waals surface area (Å²) in [7, 11) is 4.46. The maximum atomic E-state index is 13.0. The number of amides is 1. The number of carbonyl (C=O) groups excluding carboxylic acids is 1. The van der Waals surface area contributed by atoms with Gasteiger partial charge in [-0.05, 0) is 40.2 Å². The number of methoxy groups -OCH3 is 1. The first kappa shape index (κ1) is 29.3. The van der Waals surface area contributed by atoms with Gasteiger partial charge in [0.1, 0.15) is 18.0 Å². The van der Waals surface area contributed by atoms with Crippen molar-refractivity contribution in [3.05, 3.63) is 57.6 Å². The predicted octanol–water partition coefficient (Wildman–Crippen LogP) is 2.03. The quantitative estimate of drug-likeness (QED) is 0.273. The summed E-state index contributed by atoms with van der Waals surface area (Å²) >= 11 is 3.43. The summed E-state index contributed by atoms with van der Waals surface area (Å²) in [4.78, 5) is 43.5. The van der Waals surface area contributed by atoms with E-state index in [4.69, 9.17) is 9.57 Å². The second kappa shape index (κ2) is 13.6. The normalized spacial score (nSPS) is 13.7. The van der Waals surface area contributed by atoms with Gasteiger partial charge in [0, 0.05) is 63.9 Å². The number of aliphatic hydroxyl groups is 1. The van der Waals surface area contributed by atoms with Crippen LogP contribution in [0.15, 0.2) is 52.0 Å². The van der Waals surface area contributed by atoms with Gasteiger partial charge in [-0.3, -0.25) is 19.3 Å². The van der Waals surface area contributed by atoms with Crippen molar-refractivity contribution in [2.45, 2.75) is 6.54 Å². The Morgan fingerprint density at radius 2 is 1.93 bits per heavy atom. The fourth-order valence-corrected chi connectivity index (χ4v) is 4.51. The molecule has 3 aromatic rings. The average molecular weight is 618 g/mol. The summed E-state index contributed by atoms with van der Waals surface area (Å²) in [5.74, 6) is 0.917. The molecule has 1 aliphatic rings. The molecule has 0 atom stereocenters. The average Bonchev–Trinajstić information content (AvgIpc) is 2.97. The Morgan fingerprint density at radius 3 is 2.62 bits per heavy atom. The number of anilines is 5. The van der Waals surface area contributed by atoms with Gasteiger partial charge >= 0.3 is 0 Å². The molecule has 3 heterocycles. The van der Waals surface area contributed by atoms with Crippen LogP contribution in [0.2, 0.25) is 0 Å². The van der Waals surface area contributed by atoms with E-state index in [-0.39, 0.29) is 24.7 Å². The molecule has 0 radical (unpaired) electrons. The molecule has 4 rings (SSSR count). The number of carbonyl (C=O) groups is 1. The summed E-state index contributed by atoms with van der Waals surface area (Å²) < 4.78 is 7.48. The van der Waals surface area contributed by atoms with E-state index in [1.54, 1.807) is 25.4 Å². The van der Waals surface area contributed by atoms with Crippen LogP contribution in [0.1, 0.15) is 0 Å². The first-order valence-corrected chi connectivity index (χ1v) is 13.4. The highest BCUT2D eigenvalue weighted by Gasteiger charge is 2.19. The smallest absolute Gasteiger partial charge is 0.274 e. The van der Waals surface area contributed by atoms with E-state index in [2.05, 4.69) is 46.3 Å². The molecular weight excluding hydrogens is 584 g/mol. The van der Waals surface area contributed by atoms with Gasteiger partial charge in [0.15, 0.2) is 5.82 Å². The SMILES string of the molecule is COc1cc(N2CCN(CCO)CC2)ccc1Nc1ncc(Br)c(Nc2cccn(CC(=O)N(C)OC)c2=O)n1. The number of halogens is 1. The Morgan fingerprint density at radius 1 is 1.15 bits per heavy atom. The predicted molar refractivity (Wildman–Crippen MR) is 156 cm³/mol. The second-order valence-electron chi connectivity index (χ2n) is 9.01. The summed E-state index contributed by atoms with van der Waals surface area (Å²) in [5.41, 5.74) is 1.57. The maximum Gasteiger partial charge on any atom is 0.274 e. The van der Waals surface area contributed by atoms with Gasteiger partial charge in [0.2, 0.25) is 5.95 Å². The van der Waals surface area contributed by atoms with Gasteiger partial charge in [-0.15, -0.1) is 0 Å². The number of nitrogens with one attached hydrogen (secondary N) is 2. The van der Waals surface area contributed by atoms with E-state index in [0.29, 0.717) is 34.2 Å². The van der Waals surface area contributed by atoms with Gasteiger partial charge in [-0.2, -0.15) is 4.98 Å². The monoisotopic (exact) mass is 616 g/mol. The summed E-state index contributed by atoms with van der Waals surface area (Å²) in [6, 6.07) is 9.17. The molecule has 0 unspecified atom stereocenters. The minimum atomic E-state index is -0.394. The molecule has 1 aromatic carbocycles. The van der Waals surface area contributed by atoms with E-state index in [1.165, 1.54) is 24.9 Å². The zero-order chi connectivity index (χ0) is 28.6. The van der Waals surface area contributed by atoms with Gasteiger partial charge in [0.05, 0.1) is 31.0 Å². The molecule has 14 heteroatoms. The number of β-amino-alcohol motifs (C(OH)–C–C–N with tert-alkyl or cyclic N) is 1. The number of nitrogens with zero attached hydrogens (tertiary/aromatic N) is 6. The highest BCUT2D eigenvalue weighted by Crippen LogP contribution is 2.32. The molecule has 0 spiro atoms. The minimum absolute atomic E-state index is 0.167. The molecule has 214 valence electrons. The van der Waals surface area contributed by atoms with Crippen molar-refractivity contribution in [3.63, 3.8) is 0 Å². The van der Waals surface area contributed by atoms with Gasteiger partial charge in [0.25, 0.3) is 11.5 Å². The van der Waals surface area contributed by atoms with E-state index in [9.17, 15) is 14.7 Å². The molecule has 1 amide bonds. The number of aliphatic hydroxyl groups excluding tert-OH is 1. The number of benzene rings is 1. The van der Waals surface area contributed by atoms with Crippen LogP contribution in [0.25, 0.3) is 0 Å². The standard InChI is InChI=1S/C26H33BrN8O5/c1-32(40-3)23(37)17-35-8-4-5-21(25(35)38)29-24-19(27)16-28-26(31-24)30-20-7-6-18(15-22(20)39-2)34-11-9-33(10-12-34)13-14-36/h4-8,15-16,36H,9-14,17H2,1-3H3,(H2,28,29,30,31). The number of piperazine rings is 1. The molecule has 40 heavy (non-hydrogen) atoms. The molecule has 0 saturated carbocycles. The van der Waals surface area contributed by atoms with Crippen molar-refractivity contribution >= 4 is 50.7 Å². The first-order valence-electron chi connectivity index (χ1n) is 12.7. The Balaban J connectivity index is 1.49. The van der Waals surface area contributed by atoms with Crippen LogP contribution in [0.5, 0.6) is 5.75 Å². The minimum Gasteiger partial charge on any atom is -0.494 e. The Kier molecular flexibility index (Phi) is 9.93. The molecule has 1 fully saturated rings. The largest absolute Gasteiger partial charge is 0.494 e.